The van der Waals surface area contributed by atoms with Gasteiger partial charge in [0.1, 0.15) is 5.75 Å². The topological polar surface area (TPSA) is 76.7 Å². The fraction of sp³-hybridized carbons (Fsp3) is 0.412. The number of hydrogen-bond acceptors (Lipinski definition) is 5. The Labute approximate surface area is 128 Å². The summed E-state index contributed by atoms with van der Waals surface area (Å²) in [6.07, 6.45) is 4.16. The van der Waals surface area contributed by atoms with Crippen molar-refractivity contribution in [3.8, 4) is 11.5 Å². The lowest BCUT2D eigenvalue weighted by molar-refractivity contribution is 0.112. The zero-order valence-electron chi connectivity index (χ0n) is 12.8. The van der Waals surface area contributed by atoms with Gasteiger partial charge in [0.05, 0.1) is 12.2 Å². The first-order valence-electron chi connectivity index (χ1n) is 7.53. The van der Waals surface area contributed by atoms with E-state index in [1.54, 1.807) is 13.0 Å². The van der Waals surface area contributed by atoms with Crippen molar-refractivity contribution >= 4 is 17.3 Å². The van der Waals surface area contributed by atoms with E-state index in [9.17, 15) is 14.7 Å². The number of rotatable bonds is 7. The van der Waals surface area contributed by atoms with Crippen LogP contribution in [0.3, 0.4) is 0 Å². The van der Waals surface area contributed by atoms with Crippen LogP contribution in [0.1, 0.15) is 49.0 Å². The number of aldehydes is 1. The number of carbonyl (C=O) groups is 1. The molecule has 0 aliphatic heterocycles. The molecule has 0 saturated heterocycles. The van der Waals surface area contributed by atoms with Gasteiger partial charge in [-0.15, -0.1) is 0 Å². The summed E-state index contributed by atoms with van der Waals surface area (Å²) in [5.41, 5.74) is 0.239. The monoisotopic (exact) mass is 304 g/mol. The molecule has 1 aromatic heterocycles. The van der Waals surface area contributed by atoms with Gasteiger partial charge in [-0.05, 0) is 31.9 Å². The van der Waals surface area contributed by atoms with E-state index >= 15 is 0 Å². The van der Waals surface area contributed by atoms with Crippen molar-refractivity contribution in [2.75, 3.05) is 6.61 Å². The van der Waals surface area contributed by atoms with Crippen LogP contribution in [0.4, 0.5) is 0 Å². The average molecular weight is 304 g/mol. The molecule has 118 valence electrons. The van der Waals surface area contributed by atoms with Crippen molar-refractivity contribution in [1.29, 1.82) is 0 Å². The predicted octanol–water partition coefficient (Wildman–Crippen LogP) is 3.44. The third kappa shape index (κ3) is 2.98. The molecule has 0 atom stereocenters. The second kappa shape index (κ2) is 7.11. The molecule has 1 heterocycles. The van der Waals surface area contributed by atoms with Gasteiger partial charge < -0.3 is 14.3 Å². The minimum Gasteiger partial charge on any atom is -0.507 e. The highest BCUT2D eigenvalue weighted by atomic mass is 16.5. The quantitative estimate of drug-likeness (QED) is 0.481. The summed E-state index contributed by atoms with van der Waals surface area (Å²) in [5.74, 6) is 0.00274. The Hall–Kier alpha value is -2.30. The molecule has 2 aromatic rings. The molecular weight excluding hydrogens is 284 g/mol. The first-order valence-corrected chi connectivity index (χ1v) is 7.53. The molecule has 0 bridgehead atoms. The molecule has 0 unspecified atom stereocenters. The minimum absolute atomic E-state index is 0.00519. The Morgan fingerprint density at radius 1 is 1.27 bits per heavy atom. The lowest BCUT2D eigenvalue weighted by Gasteiger charge is -2.12. The minimum atomic E-state index is -0.616. The van der Waals surface area contributed by atoms with E-state index in [-0.39, 0.29) is 22.6 Å². The number of hydrogen-bond donors (Lipinski definition) is 1. The van der Waals surface area contributed by atoms with Crippen LogP contribution in [0.2, 0.25) is 0 Å². The van der Waals surface area contributed by atoms with Crippen LogP contribution in [-0.4, -0.2) is 18.0 Å². The standard InChI is InChI=1S/C17H20O5/c1-3-5-6-7-11-12-8-9-14(19)13(10-18)15(12)22-17(20)16(11)21-4-2/h8-10,19H,3-7H2,1-2H3. The third-order valence-electron chi connectivity index (χ3n) is 3.59. The maximum absolute atomic E-state index is 12.2. The van der Waals surface area contributed by atoms with Crippen LogP contribution >= 0.6 is 0 Å². The molecule has 0 aliphatic carbocycles. The summed E-state index contributed by atoms with van der Waals surface area (Å²) in [6.45, 7) is 4.26. The molecule has 5 heteroatoms. The number of unbranched alkanes of at least 4 members (excludes halogenated alkanes) is 2. The lowest BCUT2D eigenvalue weighted by Crippen LogP contribution is -2.11. The molecule has 0 spiro atoms. The largest absolute Gasteiger partial charge is 0.507 e. The van der Waals surface area contributed by atoms with Crippen molar-refractivity contribution in [2.24, 2.45) is 0 Å². The van der Waals surface area contributed by atoms with Gasteiger partial charge in [0.25, 0.3) is 0 Å². The smallest absolute Gasteiger partial charge is 0.379 e. The summed E-state index contributed by atoms with van der Waals surface area (Å²) >= 11 is 0. The Bertz CT molecular complexity index is 730. The number of benzene rings is 1. The van der Waals surface area contributed by atoms with Crippen molar-refractivity contribution in [2.45, 2.75) is 39.5 Å². The second-order valence-corrected chi connectivity index (χ2v) is 5.08. The van der Waals surface area contributed by atoms with Gasteiger partial charge in [0.15, 0.2) is 11.9 Å². The SMILES string of the molecule is CCCCCc1c(OCC)c(=O)oc2c(C=O)c(O)ccc12. The molecule has 1 N–H and O–H groups in total. The van der Waals surface area contributed by atoms with Crippen molar-refractivity contribution in [3.05, 3.63) is 33.7 Å². The maximum Gasteiger partial charge on any atom is 0.379 e. The number of carbonyl (C=O) groups excluding carboxylic acids is 1. The molecule has 22 heavy (non-hydrogen) atoms. The van der Waals surface area contributed by atoms with E-state index in [1.807, 2.05) is 0 Å². The van der Waals surface area contributed by atoms with Gasteiger partial charge in [-0.1, -0.05) is 19.8 Å². The average Bonchev–Trinajstić information content (AvgIpc) is 2.50. The molecule has 0 fully saturated rings. The highest BCUT2D eigenvalue weighted by Gasteiger charge is 2.19. The number of ether oxygens (including phenoxy) is 1. The molecule has 0 radical (unpaired) electrons. The summed E-state index contributed by atoms with van der Waals surface area (Å²) in [6, 6.07) is 3.09. The molecule has 1 aromatic carbocycles. The van der Waals surface area contributed by atoms with Crippen LogP contribution in [0.5, 0.6) is 11.5 Å². The molecular formula is C17H20O5. The van der Waals surface area contributed by atoms with Gasteiger partial charge in [0.2, 0.25) is 5.75 Å². The van der Waals surface area contributed by atoms with E-state index in [0.29, 0.717) is 24.7 Å². The van der Waals surface area contributed by atoms with Gasteiger partial charge in [-0.25, -0.2) is 4.79 Å². The van der Waals surface area contributed by atoms with Crippen LogP contribution in [0.25, 0.3) is 11.0 Å². The molecule has 5 nitrogen and oxygen atoms in total. The number of fused-ring (bicyclic) bond motifs is 1. The van der Waals surface area contributed by atoms with Crippen LogP contribution in [0.15, 0.2) is 21.3 Å². The Kier molecular flexibility index (Phi) is 5.20. The predicted molar refractivity (Wildman–Crippen MR) is 83.9 cm³/mol. The van der Waals surface area contributed by atoms with Gasteiger partial charge in [-0.3, -0.25) is 4.79 Å². The highest BCUT2D eigenvalue weighted by Crippen LogP contribution is 2.32. The first-order chi connectivity index (χ1) is 10.6. The van der Waals surface area contributed by atoms with Gasteiger partial charge in [0, 0.05) is 10.9 Å². The highest BCUT2D eigenvalue weighted by molar-refractivity contribution is 5.98. The van der Waals surface area contributed by atoms with E-state index in [1.165, 1.54) is 6.07 Å². The maximum atomic E-state index is 12.2. The fourth-order valence-corrected chi connectivity index (χ4v) is 2.53. The van der Waals surface area contributed by atoms with Crippen molar-refractivity contribution in [3.63, 3.8) is 0 Å². The first kappa shape index (κ1) is 16.1. The molecule has 2 rings (SSSR count). The van der Waals surface area contributed by atoms with Crippen LogP contribution in [0, 0.1) is 0 Å². The lowest BCUT2D eigenvalue weighted by atomic mass is 10.0. The zero-order chi connectivity index (χ0) is 16.1. The second-order valence-electron chi connectivity index (χ2n) is 5.08. The van der Waals surface area contributed by atoms with Crippen molar-refractivity contribution in [1.82, 2.24) is 0 Å². The Balaban J connectivity index is 2.71. The Morgan fingerprint density at radius 3 is 2.68 bits per heavy atom. The van der Waals surface area contributed by atoms with E-state index in [2.05, 4.69) is 6.92 Å². The van der Waals surface area contributed by atoms with Crippen LogP contribution < -0.4 is 10.4 Å². The molecule has 0 aliphatic rings. The summed E-state index contributed by atoms with van der Waals surface area (Å²) in [5, 5.41) is 10.4. The third-order valence-corrected chi connectivity index (χ3v) is 3.59. The number of aromatic hydroxyl groups is 1. The normalized spacial score (nSPS) is 10.8. The number of phenolic OH excluding ortho intramolecular Hbond substituents is 1. The fourth-order valence-electron chi connectivity index (χ4n) is 2.53. The summed E-state index contributed by atoms with van der Waals surface area (Å²) in [4.78, 5) is 23.3. The van der Waals surface area contributed by atoms with E-state index in [0.717, 1.165) is 24.8 Å². The molecule has 0 amide bonds. The number of aryl methyl sites for hydroxylation is 1. The number of phenols is 1. The van der Waals surface area contributed by atoms with E-state index in [4.69, 9.17) is 9.15 Å². The van der Waals surface area contributed by atoms with Gasteiger partial charge in [-0.2, -0.15) is 0 Å². The summed E-state index contributed by atoms with van der Waals surface area (Å²) in [7, 11) is 0. The van der Waals surface area contributed by atoms with Gasteiger partial charge >= 0.3 is 5.63 Å². The summed E-state index contributed by atoms with van der Waals surface area (Å²) < 4.78 is 10.7. The van der Waals surface area contributed by atoms with Crippen molar-refractivity contribution < 1.29 is 19.1 Å². The van der Waals surface area contributed by atoms with Crippen LogP contribution in [-0.2, 0) is 6.42 Å². The van der Waals surface area contributed by atoms with E-state index < -0.39 is 5.63 Å². The molecule has 0 saturated carbocycles. The zero-order valence-corrected chi connectivity index (χ0v) is 12.8. The Morgan fingerprint density at radius 2 is 2.05 bits per heavy atom.